The molecule has 0 saturated heterocycles. The summed E-state index contributed by atoms with van der Waals surface area (Å²) in [4.78, 5) is 12.8. The summed E-state index contributed by atoms with van der Waals surface area (Å²) >= 11 is 1.82. The molecule has 3 rings (SSSR count). The molecule has 0 aliphatic rings. The molecule has 174 valence electrons. The maximum atomic E-state index is 13.3. The number of amides is 1. The van der Waals surface area contributed by atoms with Crippen LogP contribution in [0.3, 0.4) is 0 Å². The van der Waals surface area contributed by atoms with Gasteiger partial charge in [0.1, 0.15) is 6.54 Å². The van der Waals surface area contributed by atoms with E-state index < -0.39 is 10.0 Å². The summed E-state index contributed by atoms with van der Waals surface area (Å²) in [7, 11) is -3.87. The quantitative estimate of drug-likeness (QED) is 0.393. The fourth-order valence-corrected chi connectivity index (χ4v) is 5.68. The zero-order valence-corrected chi connectivity index (χ0v) is 20.7. The number of aryl methyl sites for hydroxylation is 2. The number of carbonyl (C=O) groups is 1. The SMILES string of the molecule is Cc1ccc(N(CC(=O)NCCCSCc2cccc(C)c2)S(=O)(=O)c2ccccc2)cc1. The molecule has 0 aromatic heterocycles. The van der Waals surface area contributed by atoms with Gasteiger partial charge in [0, 0.05) is 12.3 Å². The first-order chi connectivity index (χ1) is 15.9. The Morgan fingerprint density at radius 1 is 0.909 bits per heavy atom. The second-order valence-corrected chi connectivity index (χ2v) is 10.9. The van der Waals surface area contributed by atoms with Crippen molar-refractivity contribution >= 4 is 33.4 Å². The van der Waals surface area contributed by atoms with E-state index in [-0.39, 0.29) is 17.3 Å². The molecule has 7 heteroatoms. The van der Waals surface area contributed by atoms with Crippen molar-refractivity contribution in [3.63, 3.8) is 0 Å². The predicted molar refractivity (Wildman–Crippen MR) is 137 cm³/mol. The monoisotopic (exact) mass is 482 g/mol. The Kier molecular flexibility index (Phi) is 8.97. The van der Waals surface area contributed by atoms with Gasteiger partial charge < -0.3 is 5.32 Å². The number of hydrogen-bond acceptors (Lipinski definition) is 4. The average Bonchev–Trinajstić information content (AvgIpc) is 2.81. The largest absolute Gasteiger partial charge is 0.354 e. The Labute approximate surface area is 201 Å². The van der Waals surface area contributed by atoms with Gasteiger partial charge in [0.25, 0.3) is 10.0 Å². The molecule has 0 aliphatic heterocycles. The molecule has 1 amide bonds. The maximum Gasteiger partial charge on any atom is 0.264 e. The minimum absolute atomic E-state index is 0.158. The predicted octanol–water partition coefficient (Wildman–Crippen LogP) is 4.94. The van der Waals surface area contributed by atoms with Gasteiger partial charge in [0.05, 0.1) is 10.6 Å². The van der Waals surface area contributed by atoms with E-state index in [0.717, 1.165) is 23.5 Å². The van der Waals surface area contributed by atoms with Gasteiger partial charge >= 0.3 is 0 Å². The summed E-state index contributed by atoms with van der Waals surface area (Å²) in [6.45, 7) is 4.26. The number of thioether (sulfide) groups is 1. The van der Waals surface area contributed by atoms with Crippen LogP contribution in [0.2, 0.25) is 0 Å². The Morgan fingerprint density at radius 3 is 2.33 bits per heavy atom. The summed E-state index contributed by atoms with van der Waals surface area (Å²) in [5.41, 5.74) is 4.03. The molecule has 0 heterocycles. The first kappa shape index (κ1) is 24.9. The second kappa shape index (κ2) is 11.9. The number of carbonyl (C=O) groups excluding carboxylic acids is 1. The molecular formula is C26H30N2O3S2. The summed E-state index contributed by atoms with van der Waals surface area (Å²) in [5.74, 6) is 1.53. The van der Waals surface area contributed by atoms with Crippen LogP contribution in [-0.4, -0.2) is 33.2 Å². The van der Waals surface area contributed by atoms with Crippen LogP contribution in [0.5, 0.6) is 0 Å². The molecule has 1 N–H and O–H groups in total. The van der Waals surface area contributed by atoms with E-state index in [1.165, 1.54) is 15.4 Å². The van der Waals surface area contributed by atoms with Crippen LogP contribution in [0.15, 0.2) is 83.8 Å². The second-order valence-electron chi connectivity index (χ2n) is 7.91. The number of rotatable bonds is 11. The molecule has 0 spiro atoms. The van der Waals surface area contributed by atoms with Crippen LogP contribution < -0.4 is 9.62 Å². The number of nitrogens with one attached hydrogen (secondary N) is 1. The summed E-state index contributed by atoms with van der Waals surface area (Å²) < 4.78 is 27.7. The van der Waals surface area contributed by atoms with Gasteiger partial charge in [-0.15, -0.1) is 0 Å². The highest BCUT2D eigenvalue weighted by Gasteiger charge is 2.26. The molecule has 0 bridgehead atoms. The first-order valence-corrected chi connectivity index (χ1v) is 13.5. The number of nitrogens with zero attached hydrogens (tertiary/aromatic N) is 1. The van der Waals surface area contributed by atoms with Crippen molar-refractivity contribution < 1.29 is 13.2 Å². The van der Waals surface area contributed by atoms with Gasteiger partial charge in [-0.25, -0.2) is 8.42 Å². The van der Waals surface area contributed by atoms with Crippen molar-refractivity contribution in [2.24, 2.45) is 0 Å². The third kappa shape index (κ3) is 7.37. The normalized spacial score (nSPS) is 11.2. The van der Waals surface area contributed by atoms with Crippen molar-refractivity contribution in [3.8, 4) is 0 Å². The lowest BCUT2D eigenvalue weighted by Gasteiger charge is -2.24. The zero-order valence-electron chi connectivity index (χ0n) is 19.0. The van der Waals surface area contributed by atoms with E-state index in [9.17, 15) is 13.2 Å². The van der Waals surface area contributed by atoms with E-state index in [2.05, 4.69) is 36.5 Å². The molecule has 0 radical (unpaired) electrons. The van der Waals surface area contributed by atoms with E-state index in [1.54, 1.807) is 42.5 Å². The standard InChI is InChI=1S/C26H30N2O3S2/c1-21-12-14-24(15-13-21)28(33(30,31)25-10-4-3-5-11-25)19-26(29)27-16-7-17-32-20-23-9-6-8-22(2)18-23/h3-6,8-15,18H,7,16-17,19-20H2,1-2H3,(H,27,29). The molecule has 3 aromatic carbocycles. The highest BCUT2D eigenvalue weighted by molar-refractivity contribution is 7.98. The molecule has 5 nitrogen and oxygen atoms in total. The van der Waals surface area contributed by atoms with Gasteiger partial charge in [-0.1, -0.05) is 65.7 Å². The number of hydrogen-bond donors (Lipinski definition) is 1. The average molecular weight is 483 g/mol. The molecule has 33 heavy (non-hydrogen) atoms. The summed E-state index contributed by atoms with van der Waals surface area (Å²) in [5, 5.41) is 2.87. The van der Waals surface area contributed by atoms with Crippen LogP contribution in [0.1, 0.15) is 23.1 Å². The summed E-state index contributed by atoms with van der Waals surface area (Å²) in [6.07, 6.45) is 0.818. The van der Waals surface area contributed by atoms with Gasteiger partial charge in [-0.2, -0.15) is 11.8 Å². The van der Waals surface area contributed by atoms with E-state index >= 15 is 0 Å². The van der Waals surface area contributed by atoms with E-state index in [0.29, 0.717) is 12.2 Å². The third-order valence-electron chi connectivity index (χ3n) is 5.08. The van der Waals surface area contributed by atoms with Crippen LogP contribution in [-0.2, 0) is 20.6 Å². The fraction of sp³-hybridized carbons (Fsp3) is 0.269. The third-order valence-corrected chi connectivity index (χ3v) is 7.98. The number of benzene rings is 3. The Bertz CT molecular complexity index is 1150. The van der Waals surface area contributed by atoms with Crippen molar-refractivity contribution in [2.45, 2.75) is 30.9 Å². The minimum atomic E-state index is -3.87. The van der Waals surface area contributed by atoms with Gasteiger partial charge in [-0.3, -0.25) is 9.10 Å². The van der Waals surface area contributed by atoms with Crippen LogP contribution in [0, 0.1) is 13.8 Å². The van der Waals surface area contributed by atoms with Gasteiger partial charge in [-0.05, 0) is 55.9 Å². The van der Waals surface area contributed by atoms with Gasteiger partial charge in [0.15, 0.2) is 0 Å². The fourth-order valence-electron chi connectivity index (χ4n) is 3.33. The number of anilines is 1. The Hall–Kier alpha value is -2.77. The Balaban J connectivity index is 1.56. The summed E-state index contributed by atoms with van der Waals surface area (Å²) in [6, 6.07) is 23.8. The van der Waals surface area contributed by atoms with E-state index in [1.807, 2.05) is 30.8 Å². The lowest BCUT2D eigenvalue weighted by molar-refractivity contribution is -0.119. The topological polar surface area (TPSA) is 66.5 Å². The van der Waals surface area contributed by atoms with E-state index in [4.69, 9.17) is 0 Å². The van der Waals surface area contributed by atoms with Crippen molar-refractivity contribution in [2.75, 3.05) is 23.1 Å². The molecule has 0 atom stereocenters. The first-order valence-electron chi connectivity index (χ1n) is 10.9. The zero-order chi connectivity index (χ0) is 23.7. The van der Waals surface area contributed by atoms with Crippen molar-refractivity contribution in [3.05, 3.63) is 95.6 Å². The lowest BCUT2D eigenvalue weighted by Crippen LogP contribution is -2.41. The highest BCUT2D eigenvalue weighted by Crippen LogP contribution is 2.24. The van der Waals surface area contributed by atoms with Crippen molar-refractivity contribution in [1.82, 2.24) is 5.32 Å². The molecular weight excluding hydrogens is 452 g/mol. The molecule has 0 saturated carbocycles. The maximum absolute atomic E-state index is 13.3. The molecule has 0 fully saturated rings. The van der Waals surface area contributed by atoms with Crippen LogP contribution in [0.25, 0.3) is 0 Å². The molecule has 3 aromatic rings. The highest BCUT2D eigenvalue weighted by atomic mass is 32.2. The molecule has 0 unspecified atom stereocenters. The number of sulfonamides is 1. The van der Waals surface area contributed by atoms with Gasteiger partial charge in [0.2, 0.25) is 5.91 Å². The molecule has 0 aliphatic carbocycles. The van der Waals surface area contributed by atoms with Crippen LogP contribution >= 0.6 is 11.8 Å². The smallest absolute Gasteiger partial charge is 0.264 e. The minimum Gasteiger partial charge on any atom is -0.354 e. The Morgan fingerprint density at radius 2 is 1.64 bits per heavy atom. The lowest BCUT2D eigenvalue weighted by atomic mass is 10.2. The van der Waals surface area contributed by atoms with Crippen molar-refractivity contribution in [1.29, 1.82) is 0 Å². The van der Waals surface area contributed by atoms with Crippen LogP contribution in [0.4, 0.5) is 5.69 Å².